The van der Waals surface area contributed by atoms with Crippen LogP contribution in [0.15, 0.2) is 0 Å². The molecule has 0 saturated heterocycles. The Morgan fingerprint density at radius 2 is 1.00 bits per heavy atom. The van der Waals surface area contributed by atoms with Gasteiger partial charge in [0.25, 0.3) is 0 Å². The van der Waals surface area contributed by atoms with Gasteiger partial charge in [-0.25, -0.2) is 0 Å². The molecule has 0 aromatic heterocycles. The van der Waals surface area contributed by atoms with Crippen LogP contribution < -0.4 is 0 Å². The van der Waals surface area contributed by atoms with Gasteiger partial charge in [0.05, 0.1) is 0 Å². The predicted molar refractivity (Wildman–Crippen MR) is 21.8 cm³/mol. The monoisotopic (exact) mass is 172 g/mol. The predicted octanol–water partition coefficient (Wildman–Crippen LogP) is 1.74. The second-order valence-corrected chi connectivity index (χ2v) is 0. The fourth-order valence-electron chi connectivity index (χ4n) is 0. The first-order chi connectivity index (χ1) is 1.00. The second-order valence-electron chi connectivity index (χ2n) is 0. The van der Waals surface area contributed by atoms with Gasteiger partial charge in [-0.15, -0.1) is 0 Å². The molecule has 0 amide bonds. The number of hydrogen-bond acceptors (Lipinski definition) is 0. The van der Waals surface area contributed by atoms with Crippen LogP contribution >= 0.6 is 14.1 Å². The van der Waals surface area contributed by atoms with Crippen LogP contribution in [0.25, 0.3) is 0 Å². The van der Waals surface area contributed by atoms with E-state index in [2.05, 4.69) is 28.3 Å². The Labute approximate surface area is 43.5 Å². The molecule has 0 aliphatic rings. The summed E-state index contributed by atoms with van der Waals surface area (Å²) in [6.07, 6.45) is 0. The van der Waals surface area contributed by atoms with Crippen molar-refractivity contribution in [3.8, 4) is 0 Å². The molecule has 0 N–H and O–H groups in total. The standard InChI is InChI=1S/2CH3.BrH.Cu/h2*1H3;1H;/q2*-1;;+1/p-1. The van der Waals surface area contributed by atoms with E-state index in [4.69, 9.17) is 0 Å². The first kappa shape index (κ1) is 20.0. The molecule has 2 heteroatoms. The van der Waals surface area contributed by atoms with Gasteiger partial charge in [-0.3, -0.25) is 0 Å². The number of rotatable bonds is 0. The van der Waals surface area contributed by atoms with Crippen LogP contribution in [-0.4, -0.2) is 0 Å². The Bertz CT molecular complexity index is 6.00. The van der Waals surface area contributed by atoms with E-state index in [-0.39, 0.29) is 14.9 Å². The van der Waals surface area contributed by atoms with Crippen molar-refractivity contribution in [2.24, 2.45) is 0 Å². The molecule has 0 radical (unpaired) electrons. The summed E-state index contributed by atoms with van der Waals surface area (Å²) in [4.78, 5) is 0. The molecule has 4 heavy (non-hydrogen) atoms. The fraction of sp³-hybridized carbons (Fsp3) is 0. The van der Waals surface area contributed by atoms with Gasteiger partial charge in [0.2, 0.25) is 0 Å². The molecule has 0 nitrogen and oxygen atoms in total. The summed E-state index contributed by atoms with van der Waals surface area (Å²) >= 11 is 6.50. The van der Waals surface area contributed by atoms with Gasteiger partial charge in [-0.2, -0.15) is 0 Å². The second kappa shape index (κ2) is 36.0. The van der Waals surface area contributed by atoms with Gasteiger partial charge < -0.3 is 14.9 Å². The molecule has 0 unspecified atom stereocenters. The summed E-state index contributed by atoms with van der Waals surface area (Å²) < 4.78 is 0. The Morgan fingerprint density at radius 1 is 1.00 bits per heavy atom. The third-order valence-electron chi connectivity index (χ3n) is 0. The van der Waals surface area contributed by atoms with Crippen LogP contribution in [0.1, 0.15) is 0 Å². The van der Waals surface area contributed by atoms with Crippen LogP contribution in [0.3, 0.4) is 0 Å². The number of hydrogen-bond donors (Lipinski definition) is 0. The van der Waals surface area contributed by atoms with E-state index >= 15 is 0 Å². The maximum absolute atomic E-state index is 4.00. The van der Waals surface area contributed by atoms with E-state index in [0.29, 0.717) is 0 Å². The van der Waals surface area contributed by atoms with Crippen molar-refractivity contribution in [1.82, 2.24) is 0 Å². The molecule has 0 rings (SSSR count). The van der Waals surface area contributed by atoms with Crippen molar-refractivity contribution in [2.75, 3.05) is 0 Å². The third kappa shape index (κ3) is 12.0. The topological polar surface area (TPSA) is 0 Å². The third-order valence-corrected chi connectivity index (χ3v) is 0. The molecule has 0 aliphatic carbocycles. The Kier molecular flexibility index (Phi) is 180. The zero-order valence-electron chi connectivity index (χ0n) is 2.68. The normalized spacial score (nSPS) is 1.75. The van der Waals surface area contributed by atoms with Gasteiger partial charge in [0, 0.05) is 0 Å². The van der Waals surface area contributed by atoms with Crippen molar-refractivity contribution in [1.29, 1.82) is 0 Å². The molecule has 0 aliphatic heterocycles. The van der Waals surface area contributed by atoms with Gasteiger partial charge in [-0.05, 0) is 0 Å². The average Bonchev–Trinajstić information content (AvgIpc) is 1.00. The quantitative estimate of drug-likeness (QED) is 0.387. The van der Waals surface area contributed by atoms with E-state index in [1.165, 1.54) is 0 Å². The molecule has 0 bridgehead atoms. The average molecular weight is 174 g/mol. The first-order valence-electron chi connectivity index (χ1n) is 0.114. The Morgan fingerprint density at radius 3 is 1.00 bits per heavy atom. The van der Waals surface area contributed by atoms with Gasteiger partial charge in [-0.1, -0.05) is 0 Å². The van der Waals surface area contributed by atoms with E-state index < -0.39 is 0 Å². The minimum atomic E-state index is 0. The molecular weight excluding hydrogens is 167 g/mol. The summed E-state index contributed by atoms with van der Waals surface area (Å²) in [5.41, 5.74) is 0. The zero-order valence-corrected chi connectivity index (χ0v) is 5.21. The summed E-state index contributed by atoms with van der Waals surface area (Å²) in [5, 5.41) is 0. The summed E-state index contributed by atoms with van der Waals surface area (Å²) in [7, 11) is 0. The van der Waals surface area contributed by atoms with Crippen LogP contribution in [0.2, 0.25) is 0 Å². The van der Waals surface area contributed by atoms with E-state index in [1.807, 2.05) is 0 Å². The molecule has 0 aromatic carbocycles. The summed E-state index contributed by atoms with van der Waals surface area (Å²) in [5.74, 6) is 0. The molecule has 0 aromatic rings. The minimum absolute atomic E-state index is 0. The molecule has 0 atom stereocenters. The number of halogens is 1. The Balaban J connectivity index is -0.00000000500. The molecular formula is C2H6BrCu-2. The van der Waals surface area contributed by atoms with Gasteiger partial charge in [0.15, 0.2) is 0 Å². The van der Waals surface area contributed by atoms with Crippen LogP contribution in [-0.2, 0) is 14.2 Å². The van der Waals surface area contributed by atoms with E-state index in [9.17, 15) is 0 Å². The van der Waals surface area contributed by atoms with Crippen LogP contribution in [0, 0.1) is 14.9 Å². The first-order valence-corrected chi connectivity index (χ1v) is 2.44. The summed E-state index contributed by atoms with van der Waals surface area (Å²) in [6, 6.07) is 0. The van der Waals surface area contributed by atoms with Crippen molar-refractivity contribution >= 4 is 14.1 Å². The van der Waals surface area contributed by atoms with Gasteiger partial charge >= 0.3 is 28.3 Å². The molecule has 0 heterocycles. The molecule has 0 fully saturated rings. The molecule has 0 saturated carbocycles. The van der Waals surface area contributed by atoms with Crippen LogP contribution in [0.5, 0.6) is 0 Å². The zero-order chi connectivity index (χ0) is 2.00. The summed E-state index contributed by atoms with van der Waals surface area (Å²) in [6.45, 7) is 0. The van der Waals surface area contributed by atoms with E-state index in [1.54, 1.807) is 0 Å². The molecule has 0 spiro atoms. The van der Waals surface area contributed by atoms with Crippen molar-refractivity contribution in [2.45, 2.75) is 0 Å². The van der Waals surface area contributed by atoms with Crippen molar-refractivity contribution < 1.29 is 14.2 Å². The van der Waals surface area contributed by atoms with Crippen molar-refractivity contribution in [3.05, 3.63) is 14.9 Å². The maximum atomic E-state index is 4.00. The Hall–Kier alpha value is 0.999. The van der Waals surface area contributed by atoms with Gasteiger partial charge in [0.1, 0.15) is 0 Å². The SMILES string of the molecule is [CH3-].[CH3-].[Cu][Br]. The van der Waals surface area contributed by atoms with Crippen LogP contribution in [0.4, 0.5) is 0 Å². The van der Waals surface area contributed by atoms with Crippen molar-refractivity contribution in [3.63, 3.8) is 0 Å². The van der Waals surface area contributed by atoms with E-state index in [0.717, 1.165) is 0 Å². The molecule has 34 valence electrons. The fourth-order valence-corrected chi connectivity index (χ4v) is 0.